The minimum Gasteiger partial charge on any atom is -0.240 e. The van der Waals surface area contributed by atoms with Crippen molar-refractivity contribution in [2.45, 2.75) is 31.6 Å². The highest BCUT2D eigenvalue weighted by Crippen LogP contribution is 2.38. The maximum absolute atomic E-state index is 4.58. The fraction of sp³-hybridized carbons (Fsp3) is 0.600. The molecule has 0 radical (unpaired) electrons. The molecule has 1 saturated carbocycles. The van der Waals surface area contributed by atoms with Gasteiger partial charge in [-0.2, -0.15) is 12.6 Å². The van der Waals surface area contributed by atoms with E-state index in [2.05, 4.69) is 38.5 Å². The Kier molecular flexibility index (Phi) is 3.44. The number of nitrogens with zero attached hydrogens (tertiary/aromatic N) is 2. The lowest BCUT2D eigenvalue weighted by atomic mass is 10.2. The predicted octanol–water partition coefficient (Wildman–Crippen LogP) is 2.98. The summed E-state index contributed by atoms with van der Waals surface area (Å²) >= 11 is 7.69. The second kappa shape index (κ2) is 4.62. The largest absolute Gasteiger partial charge is 0.240 e. The Labute approximate surface area is 98.1 Å². The van der Waals surface area contributed by atoms with E-state index in [4.69, 9.17) is 0 Å². The molecule has 0 spiro atoms. The molecule has 0 unspecified atom stereocenters. The van der Waals surface area contributed by atoms with Crippen LogP contribution in [0.5, 0.6) is 0 Å². The lowest BCUT2D eigenvalue weighted by Crippen LogP contribution is -1.99. The molecular weight excluding hydrogens is 260 g/mol. The van der Waals surface area contributed by atoms with E-state index in [0.717, 1.165) is 34.6 Å². The van der Waals surface area contributed by atoms with E-state index in [1.54, 1.807) is 0 Å². The summed E-state index contributed by atoms with van der Waals surface area (Å²) in [7, 11) is 0. The van der Waals surface area contributed by atoms with Gasteiger partial charge in [0.2, 0.25) is 0 Å². The van der Waals surface area contributed by atoms with E-state index in [1.165, 1.54) is 12.8 Å². The first-order valence-electron chi connectivity index (χ1n) is 4.93. The average molecular weight is 273 g/mol. The molecule has 4 heteroatoms. The molecule has 2 rings (SSSR count). The molecule has 1 aliphatic carbocycles. The van der Waals surface area contributed by atoms with Gasteiger partial charge in [0.1, 0.15) is 5.82 Å². The van der Waals surface area contributed by atoms with Gasteiger partial charge >= 0.3 is 0 Å². The summed E-state index contributed by atoms with van der Waals surface area (Å²) in [6.07, 6.45) is 6.46. The highest BCUT2D eigenvalue weighted by atomic mass is 79.9. The average Bonchev–Trinajstić information content (AvgIpc) is 3.00. The summed E-state index contributed by atoms with van der Waals surface area (Å²) in [5.41, 5.74) is 1.14. The Bertz CT molecular complexity index is 326. The lowest BCUT2D eigenvalue weighted by Gasteiger charge is -2.04. The van der Waals surface area contributed by atoms with Crippen molar-refractivity contribution in [1.29, 1.82) is 0 Å². The highest BCUT2D eigenvalue weighted by Gasteiger charge is 2.26. The van der Waals surface area contributed by atoms with Crippen LogP contribution in [-0.2, 0) is 6.42 Å². The van der Waals surface area contributed by atoms with Crippen LogP contribution in [0.25, 0.3) is 0 Å². The monoisotopic (exact) mass is 272 g/mol. The first-order valence-corrected chi connectivity index (χ1v) is 6.36. The third-order valence-electron chi connectivity index (χ3n) is 2.35. The zero-order chi connectivity index (χ0) is 9.97. The maximum Gasteiger partial charge on any atom is 0.131 e. The Morgan fingerprint density at radius 1 is 1.50 bits per heavy atom. The van der Waals surface area contributed by atoms with Crippen LogP contribution in [0.1, 0.15) is 36.7 Å². The summed E-state index contributed by atoms with van der Waals surface area (Å²) in [5.74, 6) is 2.58. The van der Waals surface area contributed by atoms with Crippen LogP contribution in [0.4, 0.5) is 0 Å². The van der Waals surface area contributed by atoms with Crippen molar-refractivity contribution in [1.82, 2.24) is 9.97 Å². The first kappa shape index (κ1) is 10.4. The van der Waals surface area contributed by atoms with Crippen LogP contribution < -0.4 is 0 Å². The summed E-state index contributed by atoms with van der Waals surface area (Å²) in [6, 6.07) is 0. The number of rotatable bonds is 4. The number of hydrogen-bond donors (Lipinski definition) is 1. The van der Waals surface area contributed by atoms with Crippen molar-refractivity contribution < 1.29 is 0 Å². The molecule has 0 atom stereocenters. The minimum absolute atomic E-state index is 0.637. The molecule has 0 amide bonds. The molecule has 0 aliphatic heterocycles. The van der Waals surface area contributed by atoms with Crippen LogP contribution in [0.2, 0.25) is 0 Å². The fourth-order valence-corrected chi connectivity index (χ4v) is 1.93. The van der Waals surface area contributed by atoms with E-state index in [-0.39, 0.29) is 0 Å². The van der Waals surface area contributed by atoms with Crippen molar-refractivity contribution >= 4 is 28.6 Å². The van der Waals surface area contributed by atoms with E-state index >= 15 is 0 Å². The highest BCUT2D eigenvalue weighted by molar-refractivity contribution is 9.10. The minimum atomic E-state index is 0.637. The SMILES string of the molecule is SCCCc1nc(C2CC2)ncc1Br. The van der Waals surface area contributed by atoms with E-state index < -0.39 is 0 Å². The Hall–Kier alpha value is -0.0900. The van der Waals surface area contributed by atoms with Gasteiger partial charge in [-0.1, -0.05) is 0 Å². The van der Waals surface area contributed by atoms with Gasteiger partial charge in [0.05, 0.1) is 10.2 Å². The van der Waals surface area contributed by atoms with Gasteiger partial charge in [-0.05, 0) is 47.4 Å². The number of aromatic nitrogens is 2. The topological polar surface area (TPSA) is 25.8 Å². The smallest absolute Gasteiger partial charge is 0.131 e. The van der Waals surface area contributed by atoms with Crippen molar-refractivity contribution in [3.63, 3.8) is 0 Å². The van der Waals surface area contributed by atoms with Crippen LogP contribution >= 0.6 is 28.6 Å². The van der Waals surface area contributed by atoms with Gasteiger partial charge in [0.15, 0.2) is 0 Å². The third-order valence-corrected chi connectivity index (χ3v) is 3.33. The van der Waals surface area contributed by atoms with Crippen molar-refractivity contribution in [3.05, 3.63) is 22.2 Å². The molecule has 0 N–H and O–H groups in total. The first-order chi connectivity index (χ1) is 6.81. The predicted molar refractivity (Wildman–Crippen MR) is 63.9 cm³/mol. The van der Waals surface area contributed by atoms with Crippen molar-refractivity contribution in [3.8, 4) is 0 Å². The zero-order valence-electron chi connectivity index (χ0n) is 7.91. The van der Waals surface area contributed by atoms with Crippen LogP contribution in [0, 0.1) is 0 Å². The summed E-state index contributed by atoms with van der Waals surface area (Å²) < 4.78 is 1.03. The summed E-state index contributed by atoms with van der Waals surface area (Å²) in [4.78, 5) is 8.91. The van der Waals surface area contributed by atoms with Gasteiger partial charge in [-0.15, -0.1) is 0 Å². The van der Waals surface area contributed by atoms with Crippen molar-refractivity contribution in [2.75, 3.05) is 5.75 Å². The van der Waals surface area contributed by atoms with E-state index in [0.29, 0.717) is 5.92 Å². The maximum atomic E-state index is 4.58. The summed E-state index contributed by atoms with van der Waals surface area (Å²) in [6.45, 7) is 0. The van der Waals surface area contributed by atoms with Crippen LogP contribution in [-0.4, -0.2) is 15.7 Å². The normalized spacial score (nSPS) is 15.9. The van der Waals surface area contributed by atoms with Gasteiger partial charge in [-0.3, -0.25) is 0 Å². The standard InChI is InChI=1S/C10H13BrN2S/c11-8-6-12-10(7-3-4-7)13-9(8)2-1-5-14/h6-7,14H,1-5H2. The number of thiol groups is 1. The Balaban J connectivity index is 2.14. The molecule has 76 valence electrons. The van der Waals surface area contributed by atoms with Gasteiger partial charge in [-0.25, -0.2) is 9.97 Å². The molecule has 0 aromatic carbocycles. The Morgan fingerprint density at radius 3 is 2.93 bits per heavy atom. The third kappa shape index (κ3) is 2.48. The van der Waals surface area contributed by atoms with E-state index in [9.17, 15) is 0 Å². The number of halogens is 1. The molecule has 1 aromatic rings. The molecule has 1 aliphatic rings. The molecule has 0 bridgehead atoms. The molecule has 1 fully saturated rings. The Morgan fingerprint density at radius 2 is 2.29 bits per heavy atom. The second-order valence-corrected chi connectivity index (χ2v) is 4.93. The van der Waals surface area contributed by atoms with E-state index in [1.807, 2.05) is 6.20 Å². The number of hydrogen-bond acceptors (Lipinski definition) is 3. The van der Waals surface area contributed by atoms with Crippen molar-refractivity contribution in [2.24, 2.45) is 0 Å². The fourth-order valence-electron chi connectivity index (χ4n) is 1.38. The van der Waals surface area contributed by atoms with Crippen LogP contribution in [0.15, 0.2) is 10.7 Å². The second-order valence-electron chi connectivity index (χ2n) is 3.62. The molecule has 14 heavy (non-hydrogen) atoms. The van der Waals surface area contributed by atoms with Gasteiger partial charge in [0.25, 0.3) is 0 Å². The molecule has 1 heterocycles. The molecular formula is C10H13BrN2S. The van der Waals surface area contributed by atoms with Crippen LogP contribution in [0.3, 0.4) is 0 Å². The lowest BCUT2D eigenvalue weighted by molar-refractivity contribution is 0.826. The molecule has 1 aromatic heterocycles. The quantitative estimate of drug-likeness (QED) is 0.853. The molecule has 0 saturated heterocycles. The summed E-state index contributed by atoms with van der Waals surface area (Å²) in [5, 5.41) is 0. The van der Waals surface area contributed by atoms with Gasteiger partial charge < -0.3 is 0 Å². The molecule has 2 nitrogen and oxygen atoms in total. The van der Waals surface area contributed by atoms with Gasteiger partial charge in [0, 0.05) is 12.1 Å². The zero-order valence-corrected chi connectivity index (χ0v) is 10.4. The number of aryl methyl sites for hydroxylation is 1.